The Labute approximate surface area is 103 Å². The number of anilines is 1. The predicted octanol–water partition coefficient (Wildman–Crippen LogP) is 1.51. The van der Waals surface area contributed by atoms with Gasteiger partial charge in [0, 0.05) is 0 Å². The van der Waals surface area contributed by atoms with Gasteiger partial charge in [0.15, 0.2) is 0 Å². The van der Waals surface area contributed by atoms with Crippen molar-refractivity contribution in [3.63, 3.8) is 0 Å². The topological polar surface area (TPSA) is 58.2 Å². The second-order valence-electron chi connectivity index (χ2n) is 3.36. The van der Waals surface area contributed by atoms with Gasteiger partial charge in [0.2, 0.25) is 11.8 Å². The number of halogens is 2. The molecule has 1 unspecified atom stereocenters. The Hall–Kier alpha value is -1.62. The largest absolute Gasteiger partial charge is 0.346 e. The van der Waals surface area contributed by atoms with Crippen LogP contribution < -0.4 is 10.6 Å². The van der Waals surface area contributed by atoms with Gasteiger partial charge in [-0.2, -0.15) is 0 Å². The standard InChI is InChI=1S/C11H12ClFN2O2/c1-7(12)11(17)14-6-10(16)15-9-5-3-2-4-8(9)13/h2-5,7H,6H2,1H3,(H,14,17)(H,15,16). The van der Waals surface area contributed by atoms with E-state index < -0.39 is 23.0 Å². The number of hydrogen-bond acceptors (Lipinski definition) is 2. The minimum atomic E-state index is -0.712. The van der Waals surface area contributed by atoms with Crippen molar-refractivity contribution in [2.75, 3.05) is 11.9 Å². The Morgan fingerprint density at radius 2 is 2.06 bits per heavy atom. The molecule has 0 radical (unpaired) electrons. The Bertz CT molecular complexity index is 424. The van der Waals surface area contributed by atoms with Crippen LogP contribution >= 0.6 is 11.6 Å². The number of carbonyl (C=O) groups is 2. The summed E-state index contributed by atoms with van der Waals surface area (Å²) in [6.07, 6.45) is 0. The summed E-state index contributed by atoms with van der Waals surface area (Å²) < 4.78 is 13.2. The Morgan fingerprint density at radius 3 is 2.65 bits per heavy atom. The lowest BCUT2D eigenvalue weighted by atomic mass is 10.3. The SMILES string of the molecule is CC(Cl)C(=O)NCC(=O)Nc1ccccc1F. The summed E-state index contributed by atoms with van der Waals surface area (Å²) in [6, 6.07) is 5.77. The molecule has 0 aliphatic heterocycles. The molecule has 92 valence electrons. The van der Waals surface area contributed by atoms with E-state index in [1.807, 2.05) is 0 Å². The third kappa shape index (κ3) is 4.40. The number of rotatable bonds is 4. The van der Waals surface area contributed by atoms with Crippen molar-refractivity contribution in [3.05, 3.63) is 30.1 Å². The van der Waals surface area contributed by atoms with Gasteiger partial charge in [0.25, 0.3) is 0 Å². The first kappa shape index (κ1) is 13.4. The van der Waals surface area contributed by atoms with Crippen molar-refractivity contribution in [2.24, 2.45) is 0 Å². The Balaban J connectivity index is 2.46. The van der Waals surface area contributed by atoms with E-state index in [0.717, 1.165) is 0 Å². The average Bonchev–Trinajstić information content (AvgIpc) is 2.29. The lowest BCUT2D eigenvalue weighted by Crippen LogP contribution is -2.36. The number of para-hydroxylation sites is 1. The highest BCUT2D eigenvalue weighted by Gasteiger charge is 2.11. The van der Waals surface area contributed by atoms with E-state index in [0.29, 0.717) is 0 Å². The summed E-state index contributed by atoms with van der Waals surface area (Å²) in [7, 11) is 0. The van der Waals surface area contributed by atoms with Crippen molar-refractivity contribution < 1.29 is 14.0 Å². The zero-order valence-electron chi connectivity index (χ0n) is 9.17. The summed E-state index contributed by atoms with van der Waals surface area (Å²) in [5.74, 6) is -1.49. The van der Waals surface area contributed by atoms with Crippen LogP contribution in [-0.2, 0) is 9.59 Å². The molecular weight excluding hydrogens is 247 g/mol. The summed E-state index contributed by atoms with van der Waals surface area (Å²) >= 11 is 5.49. The molecule has 2 amide bonds. The van der Waals surface area contributed by atoms with E-state index in [1.165, 1.54) is 25.1 Å². The third-order valence-electron chi connectivity index (χ3n) is 1.93. The maximum atomic E-state index is 13.2. The van der Waals surface area contributed by atoms with Gasteiger partial charge >= 0.3 is 0 Å². The zero-order valence-corrected chi connectivity index (χ0v) is 9.92. The van der Waals surface area contributed by atoms with E-state index in [-0.39, 0.29) is 12.2 Å². The molecule has 0 aliphatic carbocycles. The molecular formula is C11H12ClFN2O2. The van der Waals surface area contributed by atoms with Crippen LogP contribution in [0.15, 0.2) is 24.3 Å². The molecule has 0 bridgehead atoms. The van der Waals surface area contributed by atoms with E-state index >= 15 is 0 Å². The summed E-state index contributed by atoms with van der Waals surface area (Å²) in [4.78, 5) is 22.4. The molecule has 0 aromatic heterocycles. The van der Waals surface area contributed by atoms with Gasteiger partial charge in [-0.15, -0.1) is 11.6 Å². The molecule has 6 heteroatoms. The first-order chi connectivity index (χ1) is 8.00. The summed E-state index contributed by atoms with van der Waals surface area (Å²) in [6.45, 7) is 1.25. The van der Waals surface area contributed by atoms with E-state index in [2.05, 4.69) is 10.6 Å². The third-order valence-corrected chi connectivity index (χ3v) is 2.13. The maximum absolute atomic E-state index is 13.2. The molecule has 1 aromatic carbocycles. The fraction of sp³-hybridized carbons (Fsp3) is 0.273. The maximum Gasteiger partial charge on any atom is 0.243 e. The van der Waals surface area contributed by atoms with Crippen LogP contribution in [0.3, 0.4) is 0 Å². The molecule has 17 heavy (non-hydrogen) atoms. The van der Waals surface area contributed by atoms with Crippen LogP contribution in [-0.4, -0.2) is 23.7 Å². The zero-order chi connectivity index (χ0) is 12.8. The second-order valence-corrected chi connectivity index (χ2v) is 4.02. The van der Waals surface area contributed by atoms with Gasteiger partial charge in [-0.3, -0.25) is 9.59 Å². The number of benzene rings is 1. The summed E-state index contributed by atoms with van der Waals surface area (Å²) in [5.41, 5.74) is 0.0747. The fourth-order valence-electron chi connectivity index (χ4n) is 1.07. The van der Waals surface area contributed by atoms with E-state index in [9.17, 15) is 14.0 Å². The molecule has 0 saturated heterocycles. The van der Waals surface area contributed by atoms with Crippen LogP contribution in [0.4, 0.5) is 10.1 Å². The van der Waals surface area contributed by atoms with Crippen LogP contribution in [0.1, 0.15) is 6.92 Å². The van der Waals surface area contributed by atoms with Crippen molar-refractivity contribution in [2.45, 2.75) is 12.3 Å². The molecule has 0 fully saturated rings. The quantitative estimate of drug-likeness (QED) is 0.805. The molecule has 0 spiro atoms. The lowest BCUT2D eigenvalue weighted by molar-refractivity contribution is -0.123. The van der Waals surface area contributed by atoms with Crippen molar-refractivity contribution in [3.8, 4) is 0 Å². The van der Waals surface area contributed by atoms with Crippen molar-refractivity contribution >= 4 is 29.1 Å². The Morgan fingerprint density at radius 1 is 1.41 bits per heavy atom. The molecule has 1 atom stereocenters. The first-order valence-electron chi connectivity index (χ1n) is 4.97. The van der Waals surface area contributed by atoms with Crippen LogP contribution in [0.2, 0.25) is 0 Å². The number of hydrogen-bond donors (Lipinski definition) is 2. The van der Waals surface area contributed by atoms with Crippen molar-refractivity contribution in [1.29, 1.82) is 0 Å². The number of nitrogens with one attached hydrogen (secondary N) is 2. The average molecular weight is 259 g/mol. The molecule has 4 nitrogen and oxygen atoms in total. The molecule has 1 rings (SSSR count). The molecule has 0 aliphatic rings. The molecule has 2 N–H and O–H groups in total. The first-order valence-corrected chi connectivity index (χ1v) is 5.40. The van der Waals surface area contributed by atoms with Gasteiger partial charge in [0.05, 0.1) is 12.2 Å². The van der Waals surface area contributed by atoms with Gasteiger partial charge in [0.1, 0.15) is 11.2 Å². The highest BCUT2D eigenvalue weighted by molar-refractivity contribution is 6.30. The minimum absolute atomic E-state index is 0.0747. The highest BCUT2D eigenvalue weighted by atomic mass is 35.5. The normalized spacial score (nSPS) is 11.7. The van der Waals surface area contributed by atoms with Gasteiger partial charge in [-0.1, -0.05) is 12.1 Å². The molecule has 1 aromatic rings. The van der Waals surface area contributed by atoms with Crippen LogP contribution in [0.25, 0.3) is 0 Å². The summed E-state index contributed by atoms with van der Waals surface area (Å²) in [5, 5.41) is 3.94. The Kier molecular flexibility index (Phi) is 4.90. The monoisotopic (exact) mass is 258 g/mol. The van der Waals surface area contributed by atoms with Gasteiger partial charge in [-0.25, -0.2) is 4.39 Å². The van der Waals surface area contributed by atoms with E-state index in [1.54, 1.807) is 6.07 Å². The smallest absolute Gasteiger partial charge is 0.243 e. The second kappa shape index (κ2) is 6.20. The number of amides is 2. The van der Waals surface area contributed by atoms with E-state index in [4.69, 9.17) is 11.6 Å². The van der Waals surface area contributed by atoms with Crippen LogP contribution in [0, 0.1) is 5.82 Å². The van der Waals surface area contributed by atoms with Gasteiger partial charge in [-0.05, 0) is 19.1 Å². The number of alkyl halides is 1. The van der Waals surface area contributed by atoms with Crippen LogP contribution in [0.5, 0.6) is 0 Å². The molecule has 0 saturated carbocycles. The predicted molar refractivity (Wildman–Crippen MR) is 63.4 cm³/mol. The lowest BCUT2D eigenvalue weighted by Gasteiger charge is -2.08. The minimum Gasteiger partial charge on any atom is -0.346 e. The highest BCUT2D eigenvalue weighted by Crippen LogP contribution is 2.11. The number of carbonyl (C=O) groups excluding carboxylic acids is 2. The van der Waals surface area contributed by atoms with Crippen molar-refractivity contribution in [1.82, 2.24) is 5.32 Å². The van der Waals surface area contributed by atoms with Gasteiger partial charge < -0.3 is 10.6 Å². The fourth-order valence-corrected chi connectivity index (χ4v) is 1.14. The molecule has 0 heterocycles.